The highest BCUT2D eigenvalue weighted by Crippen LogP contribution is 2.23. The Kier molecular flexibility index (Phi) is 3.99. The van der Waals surface area contributed by atoms with Crippen LogP contribution in [-0.4, -0.2) is 5.11 Å². The van der Waals surface area contributed by atoms with Crippen molar-refractivity contribution < 1.29 is 5.11 Å². The van der Waals surface area contributed by atoms with Gasteiger partial charge < -0.3 is 5.11 Å². The van der Waals surface area contributed by atoms with Crippen LogP contribution in [0.2, 0.25) is 5.02 Å². The summed E-state index contributed by atoms with van der Waals surface area (Å²) < 4.78 is 0. The molecule has 2 aromatic carbocycles. The Balaban J connectivity index is 2.15. The second kappa shape index (κ2) is 5.68. The molecule has 0 saturated heterocycles. The Bertz CT molecular complexity index is 572. The molecule has 3 heteroatoms. The highest BCUT2D eigenvalue weighted by atomic mass is 35.5. The third-order valence-electron chi connectivity index (χ3n) is 2.80. The van der Waals surface area contributed by atoms with Gasteiger partial charge in [-0.25, -0.2) is 0 Å². The molecule has 1 unspecified atom stereocenters. The van der Waals surface area contributed by atoms with Gasteiger partial charge in [0.15, 0.2) is 0 Å². The van der Waals surface area contributed by atoms with E-state index >= 15 is 0 Å². The zero-order valence-corrected chi connectivity index (χ0v) is 10.4. The van der Waals surface area contributed by atoms with E-state index in [0.717, 1.165) is 11.1 Å². The van der Waals surface area contributed by atoms with E-state index in [2.05, 4.69) is 0 Å². The van der Waals surface area contributed by atoms with Crippen molar-refractivity contribution in [2.45, 2.75) is 12.5 Å². The minimum atomic E-state index is -0.613. The predicted octanol–water partition coefficient (Wildman–Crippen LogP) is 3.49. The third kappa shape index (κ3) is 2.89. The normalized spacial score (nSPS) is 11.8. The third-order valence-corrected chi connectivity index (χ3v) is 3.16. The van der Waals surface area contributed by atoms with Gasteiger partial charge in [-0.2, -0.15) is 5.26 Å². The SMILES string of the molecule is N#Cc1ccc(C(O)Cc2ccccc2Cl)cc1. The lowest BCUT2D eigenvalue weighted by molar-refractivity contribution is 0.178. The summed E-state index contributed by atoms with van der Waals surface area (Å²) in [6, 6.07) is 16.4. The van der Waals surface area contributed by atoms with Gasteiger partial charge in [-0.05, 0) is 29.3 Å². The van der Waals surface area contributed by atoms with E-state index in [-0.39, 0.29) is 0 Å². The highest BCUT2D eigenvalue weighted by molar-refractivity contribution is 6.31. The number of aliphatic hydroxyl groups is 1. The fourth-order valence-electron chi connectivity index (χ4n) is 1.77. The van der Waals surface area contributed by atoms with Crippen molar-refractivity contribution in [1.82, 2.24) is 0 Å². The minimum Gasteiger partial charge on any atom is -0.388 e. The number of hydrogen-bond acceptors (Lipinski definition) is 2. The maximum absolute atomic E-state index is 10.1. The van der Waals surface area contributed by atoms with E-state index in [0.29, 0.717) is 17.0 Å². The molecule has 90 valence electrons. The highest BCUT2D eigenvalue weighted by Gasteiger charge is 2.10. The molecule has 0 saturated carbocycles. The van der Waals surface area contributed by atoms with E-state index in [1.54, 1.807) is 24.3 Å². The van der Waals surface area contributed by atoms with Gasteiger partial charge in [0, 0.05) is 11.4 Å². The van der Waals surface area contributed by atoms with Crippen molar-refractivity contribution in [1.29, 1.82) is 5.26 Å². The molecule has 0 bridgehead atoms. The van der Waals surface area contributed by atoms with Gasteiger partial charge in [0.2, 0.25) is 0 Å². The number of nitriles is 1. The Morgan fingerprint density at radius 3 is 2.39 bits per heavy atom. The molecule has 0 radical (unpaired) electrons. The van der Waals surface area contributed by atoms with Gasteiger partial charge in [0.05, 0.1) is 17.7 Å². The second-order valence-corrected chi connectivity index (χ2v) is 4.45. The molecule has 0 spiro atoms. The Morgan fingerprint density at radius 1 is 1.11 bits per heavy atom. The lowest BCUT2D eigenvalue weighted by Gasteiger charge is -2.12. The van der Waals surface area contributed by atoms with E-state index < -0.39 is 6.10 Å². The number of hydrogen-bond donors (Lipinski definition) is 1. The Morgan fingerprint density at radius 2 is 1.78 bits per heavy atom. The maximum atomic E-state index is 10.1. The standard InChI is InChI=1S/C15H12ClNO/c16-14-4-2-1-3-13(14)9-15(18)12-7-5-11(10-17)6-8-12/h1-8,15,18H,9H2. The molecule has 0 heterocycles. The number of benzene rings is 2. The summed E-state index contributed by atoms with van der Waals surface area (Å²) in [5, 5.41) is 19.5. The van der Waals surface area contributed by atoms with Gasteiger partial charge in [-0.3, -0.25) is 0 Å². The zero-order chi connectivity index (χ0) is 13.0. The molecule has 18 heavy (non-hydrogen) atoms. The molecular weight excluding hydrogens is 246 g/mol. The molecule has 0 amide bonds. The topological polar surface area (TPSA) is 44.0 Å². The van der Waals surface area contributed by atoms with Crippen molar-refractivity contribution in [2.75, 3.05) is 0 Å². The van der Waals surface area contributed by atoms with Crippen LogP contribution in [0, 0.1) is 11.3 Å². The first-order valence-electron chi connectivity index (χ1n) is 5.62. The van der Waals surface area contributed by atoms with E-state index in [1.807, 2.05) is 30.3 Å². The quantitative estimate of drug-likeness (QED) is 0.915. The number of halogens is 1. The van der Waals surface area contributed by atoms with Crippen LogP contribution in [0.3, 0.4) is 0 Å². The second-order valence-electron chi connectivity index (χ2n) is 4.05. The molecule has 0 aromatic heterocycles. The van der Waals surface area contributed by atoms with Crippen LogP contribution in [0.25, 0.3) is 0 Å². The summed E-state index contributed by atoms with van der Waals surface area (Å²) in [7, 11) is 0. The molecule has 2 rings (SSSR count). The zero-order valence-electron chi connectivity index (χ0n) is 9.68. The first-order chi connectivity index (χ1) is 8.70. The smallest absolute Gasteiger partial charge is 0.0991 e. The average Bonchev–Trinajstić information content (AvgIpc) is 2.41. The predicted molar refractivity (Wildman–Crippen MR) is 71.3 cm³/mol. The van der Waals surface area contributed by atoms with Crippen LogP contribution in [-0.2, 0) is 6.42 Å². The van der Waals surface area contributed by atoms with Crippen molar-refractivity contribution in [3.63, 3.8) is 0 Å². The number of rotatable bonds is 3. The fraction of sp³-hybridized carbons (Fsp3) is 0.133. The molecule has 0 aliphatic carbocycles. The molecule has 2 nitrogen and oxygen atoms in total. The first-order valence-corrected chi connectivity index (χ1v) is 6.00. The van der Waals surface area contributed by atoms with Crippen molar-refractivity contribution in [3.8, 4) is 6.07 Å². The van der Waals surface area contributed by atoms with Crippen LogP contribution in [0.1, 0.15) is 22.8 Å². The van der Waals surface area contributed by atoms with Gasteiger partial charge in [-0.1, -0.05) is 41.9 Å². The van der Waals surface area contributed by atoms with Crippen molar-refractivity contribution in [2.24, 2.45) is 0 Å². The lowest BCUT2D eigenvalue weighted by atomic mass is 10.0. The molecule has 1 N–H and O–H groups in total. The van der Waals surface area contributed by atoms with Crippen LogP contribution < -0.4 is 0 Å². The number of nitrogens with zero attached hydrogens (tertiary/aromatic N) is 1. The molecular formula is C15H12ClNO. The Hall–Kier alpha value is -1.82. The summed E-state index contributed by atoms with van der Waals surface area (Å²) in [5.41, 5.74) is 2.29. The van der Waals surface area contributed by atoms with Crippen LogP contribution in [0.5, 0.6) is 0 Å². The van der Waals surface area contributed by atoms with Crippen molar-refractivity contribution >= 4 is 11.6 Å². The Labute approximate surface area is 111 Å². The molecule has 0 fully saturated rings. The fourth-order valence-corrected chi connectivity index (χ4v) is 1.98. The summed E-state index contributed by atoms with van der Waals surface area (Å²) in [5.74, 6) is 0. The van der Waals surface area contributed by atoms with E-state index in [1.165, 1.54) is 0 Å². The van der Waals surface area contributed by atoms with Crippen LogP contribution in [0.15, 0.2) is 48.5 Å². The average molecular weight is 258 g/mol. The minimum absolute atomic E-state index is 0.464. The molecule has 2 aromatic rings. The summed E-state index contributed by atoms with van der Waals surface area (Å²) in [6.07, 6.45) is -0.149. The van der Waals surface area contributed by atoms with Gasteiger partial charge in [0.1, 0.15) is 0 Å². The van der Waals surface area contributed by atoms with E-state index in [4.69, 9.17) is 16.9 Å². The number of aliphatic hydroxyl groups excluding tert-OH is 1. The first kappa shape index (κ1) is 12.6. The molecule has 0 aliphatic heterocycles. The van der Waals surface area contributed by atoms with E-state index in [9.17, 15) is 5.11 Å². The van der Waals surface area contributed by atoms with Crippen molar-refractivity contribution in [3.05, 3.63) is 70.2 Å². The van der Waals surface area contributed by atoms with Crippen LogP contribution in [0.4, 0.5) is 0 Å². The summed E-state index contributed by atoms with van der Waals surface area (Å²) >= 11 is 6.05. The molecule has 1 atom stereocenters. The largest absolute Gasteiger partial charge is 0.388 e. The maximum Gasteiger partial charge on any atom is 0.0991 e. The van der Waals surface area contributed by atoms with Crippen LogP contribution >= 0.6 is 11.6 Å². The lowest BCUT2D eigenvalue weighted by Crippen LogP contribution is -2.02. The van der Waals surface area contributed by atoms with Gasteiger partial charge >= 0.3 is 0 Å². The monoisotopic (exact) mass is 257 g/mol. The molecule has 0 aliphatic rings. The van der Waals surface area contributed by atoms with Gasteiger partial charge in [0.25, 0.3) is 0 Å². The summed E-state index contributed by atoms with van der Waals surface area (Å²) in [4.78, 5) is 0. The van der Waals surface area contributed by atoms with Gasteiger partial charge in [-0.15, -0.1) is 0 Å². The summed E-state index contributed by atoms with van der Waals surface area (Å²) in [6.45, 7) is 0.